The Morgan fingerprint density at radius 3 is 2.38 bits per heavy atom. The minimum atomic E-state index is 0.772. The highest BCUT2D eigenvalue weighted by atomic mass is 35.5. The molecule has 0 atom stereocenters. The van der Waals surface area contributed by atoms with Crippen LogP contribution in [0.2, 0.25) is 5.02 Å². The first-order valence-corrected chi connectivity index (χ1v) is 7.08. The Kier molecular flexibility index (Phi) is 4.50. The number of thioether (sulfide) groups is 1. The van der Waals surface area contributed by atoms with E-state index < -0.39 is 0 Å². The van der Waals surface area contributed by atoms with Crippen molar-refractivity contribution in [3.8, 4) is 0 Å². The molecule has 0 aromatic heterocycles. The molecule has 0 spiro atoms. The number of rotatable bonds is 1. The average molecular weight is 272 g/mol. The summed E-state index contributed by atoms with van der Waals surface area (Å²) in [5.74, 6) is 0. The molecule has 1 fully saturated rings. The van der Waals surface area contributed by atoms with Crippen LogP contribution in [-0.4, -0.2) is 22.3 Å². The predicted octanol–water partition coefficient (Wildman–Crippen LogP) is 4.20. The maximum absolute atomic E-state index is 5.84. The van der Waals surface area contributed by atoms with E-state index >= 15 is 0 Å². The SMILES string of the molecule is S=C(Sc1ccc(Cl)cc1)N1CCCCC1. The summed E-state index contributed by atoms with van der Waals surface area (Å²) in [5, 5.41) is 0.772. The fraction of sp³-hybridized carbons (Fsp3) is 0.417. The summed E-state index contributed by atoms with van der Waals surface area (Å²) in [5.41, 5.74) is 0. The molecule has 4 heteroatoms. The number of piperidine rings is 1. The maximum atomic E-state index is 5.84. The number of nitrogens with zero attached hydrogens (tertiary/aromatic N) is 1. The minimum absolute atomic E-state index is 0.772. The van der Waals surface area contributed by atoms with Crippen LogP contribution in [0, 0.1) is 0 Å². The second-order valence-electron chi connectivity index (χ2n) is 3.87. The average Bonchev–Trinajstić information content (AvgIpc) is 2.33. The van der Waals surface area contributed by atoms with Crippen molar-refractivity contribution in [3.05, 3.63) is 29.3 Å². The van der Waals surface area contributed by atoms with Gasteiger partial charge in [0.25, 0.3) is 0 Å². The van der Waals surface area contributed by atoms with Crippen LogP contribution in [0.5, 0.6) is 0 Å². The van der Waals surface area contributed by atoms with Crippen molar-refractivity contribution in [2.75, 3.05) is 13.1 Å². The summed E-state index contributed by atoms with van der Waals surface area (Å²) < 4.78 is 0.988. The number of hydrogen-bond donors (Lipinski definition) is 0. The summed E-state index contributed by atoms with van der Waals surface area (Å²) in [6.45, 7) is 2.22. The zero-order chi connectivity index (χ0) is 11.4. The molecule has 0 unspecified atom stereocenters. The summed E-state index contributed by atoms with van der Waals surface area (Å²) in [7, 11) is 0. The molecule has 1 heterocycles. The molecule has 0 amide bonds. The van der Waals surface area contributed by atoms with E-state index in [0.717, 1.165) is 22.4 Å². The zero-order valence-corrected chi connectivity index (χ0v) is 11.4. The summed E-state index contributed by atoms with van der Waals surface area (Å²) in [6, 6.07) is 7.85. The quantitative estimate of drug-likeness (QED) is 0.557. The van der Waals surface area contributed by atoms with Gasteiger partial charge in [-0.2, -0.15) is 0 Å². The van der Waals surface area contributed by atoms with Gasteiger partial charge < -0.3 is 4.90 Å². The molecular weight excluding hydrogens is 258 g/mol. The van der Waals surface area contributed by atoms with E-state index in [1.54, 1.807) is 11.8 Å². The molecule has 0 saturated carbocycles. The Hall–Kier alpha value is -0.250. The summed E-state index contributed by atoms with van der Waals surface area (Å²) in [4.78, 5) is 3.47. The summed E-state index contributed by atoms with van der Waals surface area (Å²) in [6.07, 6.45) is 3.87. The third-order valence-electron chi connectivity index (χ3n) is 2.63. The van der Waals surface area contributed by atoms with E-state index in [-0.39, 0.29) is 0 Å². The van der Waals surface area contributed by atoms with E-state index in [9.17, 15) is 0 Å². The Morgan fingerprint density at radius 1 is 1.12 bits per heavy atom. The smallest absolute Gasteiger partial charge is 0.141 e. The van der Waals surface area contributed by atoms with Gasteiger partial charge in [0.05, 0.1) is 0 Å². The summed E-state index contributed by atoms with van der Waals surface area (Å²) >= 11 is 12.9. The molecule has 0 N–H and O–H groups in total. The highest BCUT2D eigenvalue weighted by Gasteiger charge is 2.13. The third-order valence-corrected chi connectivity index (χ3v) is 4.33. The van der Waals surface area contributed by atoms with Crippen LogP contribution in [0.4, 0.5) is 0 Å². The van der Waals surface area contributed by atoms with Crippen LogP contribution in [-0.2, 0) is 0 Å². The number of likely N-dealkylation sites (tertiary alicyclic amines) is 1. The van der Waals surface area contributed by atoms with E-state index in [4.69, 9.17) is 23.8 Å². The first-order chi connectivity index (χ1) is 7.75. The molecule has 86 valence electrons. The fourth-order valence-corrected chi connectivity index (χ4v) is 3.13. The van der Waals surface area contributed by atoms with Crippen molar-refractivity contribution in [1.82, 2.24) is 4.90 Å². The predicted molar refractivity (Wildman–Crippen MR) is 75.3 cm³/mol. The minimum Gasteiger partial charge on any atom is -0.357 e. The van der Waals surface area contributed by atoms with Gasteiger partial charge in [0.1, 0.15) is 4.32 Å². The molecule has 16 heavy (non-hydrogen) atoms. The lowest BCUT2D eigenvalue weighted by molar-refractivity contribution is 0.352. The molecule has 2 rings (SSSR count). The highest BCUT2D eigenvalue weighted by Crippen LogP contribution is 2.25. The Balaban J connectivity index is 1.93. The van der Waals surface area contributed by atoms with E-state index in [1.165, 1.54) is 24.2 Å². The lowest BCUT2D eigenvalue weighted by Crippen LogP contribution is -2.32. The Labute approximate surface area is 111 Å². The van der Waals surface area contributed by atoms with Crippen LogP contribution >= 0.6 is 35.6 Å². The van der Waals surface area contributed by atoms with Gasteiger partial charge in [0.15, 0.2) is 0 Å². The third kappa shape index (κ3) is 3.37. The Morgan fingerprint density at radius 2 is 1.75 bits per heavy atom. The van der Waals surface area contributed by atoms with Crippen LogP contribution in [0.1, 0.15) is 19.3 Å². The van der Waals surface area contributed by atoms with Gasteiger partial charge in [-0.05, 0) is 43.5 Å². The van der Waals surface area contributed by atoms with Gasteiger partial charge in [-0.3, -0.25) is 0 Å². The van der Waals surface area contributed by atoms with Gasteiger partial charge in [-0.1, -0.05) is 35.6 Å². The standard InChI is InChI=1S/C12H14ClNS2/c13-10-4-6-11(7-5-10)16-12(15)14-8-2-1-3-9-14/h4-7H,1-3,8-9H2. The molecule has 0 radical (unpaired) electrons. The van der Waals surface area contributed by atoms with Crippen LogP contribution in [0.25, 0.3) is 0 Å². The number of thiocarbonyl (C=S) groups is 1. The zero-order valence-electron chi connectivity index (χ0n) is 8.99. The van der Waals surface area contributed by atoms with E-state index in [0.29, 0.717) is 0 Å². The number of halogens is 1. The topological polar surface area (TPSA) is 3.24 Å². The van der Waals surface area contributed by atoms with E-state index in [1.807, 2.05) is 24.3 Å². The number of benzene rings is 1. The molecule has 0 bridgehead atoms. The number of hydrogen-bond acceptors (Lipinski definition) is 2. The lowest BCUT2D eigenvalue weighted by atomic mass is 10.1. The second kappa shape index (κ2) is 5.89. The van der Waals surface area contributed by atoms with Gasteiger partial charge in [-0.25, -0.2) is 0 Å². The molecule has 1 aliphatic rings. The van der Waals surface area contributed by atoms with Crippen molar-refractivity contribution in [3.63, 3.8) is 0 Å². The van der Waals surface area contributed by atoms with Crippen LogP contribution in [0.3, 0.4) is 0 Å². The molecule has 1 nitrogen and oxygen atoms in total. The van der Waals surface area contributed by atoms with Gasteiger partial charge in [0.2, 0.25) is 0 Å². The lowest BCUT2D eigenvalue weighted by Gasteiger charge is -2.28. The largest absolute Gasteiger partial charge is 0.357 e. The molecule has 1 saturated heterocycles. The van der Waals surface area contributed by atoms with Crippen molar-refractivity contribution >= 4 is 39.9 Å². The van der Waals surface area contributed by atoms with Crippen molar-refractivity contribution in [1.29, 1.82) is 0 Å². The molecule has 1 aromatic rings. The molecule has 0 aliphatic carbocycles. The normalized spacial score (nSPS) is 16.2. The van der Waals surface area contributed by atoms with Crippen LogP contribution in [0.15, 0.2) is 29.2 Å². The molecule has 1 aliphatic heterocycles. The molecular formula is C12H14ClNS2. The second-order valence-corrected chi connectivity index (χ2v) is 6.01. The van der Waals surface area contributed by atoms with Crippen molar-refractivity contribution in [2.45, 2.75) is 24.2 Å². The van der Waals surface area contributed by atoms with Crippen LogP contribution < -0.4 is 0 Å². The molecule has 1 aromatic carbocycles. The monoisotopic (exact) mass is 271 g/mol. The Bertz CT molecular complexity index is 358. The van der Waals surface area contributed by atoms with E-state index in [2.05, 4.69) is 4.90 Å². The first kappa shape index (κ1) is 12.2. The first-order valence-electron chi connectivity index (χ1n) is 5.48. The maximum Gasteiger partial charge on any atom is 0.141 e. The highest BCUT2D eigenvalue weighted by molar-refractivity contribution is 8.22. The fourth-order valence-electron chi connectivity index (χ4n) is 1.74. The van der Waals surface area contributed by atoms with Gasteiger partial charge >= 0.3 is 0 Å². The van der Waals surface area contributed by atoms with Crippen molar-refractivity contribution < 1.29 is 0 Å². The van der Waals surface area contributed by atoms with Crippen molar-refractivity contribution in [2.24, 2.45) is 0 Å². The van der Waals surface area contributed by atoms with Gasteiger partial charge in [0, 0.05) is 23.0 Å². The van der Waals surface area contributed by atoms with Gasteiger partial charge in [-0.15, -0.1) is 0 Å².